The lowest BCUT2D eigenvalue weighted by Crippen LogP contribution is -2.38. The molecule has 78 valence electrons. The first-order chi connectivity index (χ1) is 6.75. The van der Waals surface area contributed by atoms with E-state index in [1.165, 1.54) is 0 Å². The number of aliphatic hydroxyl groups excluding tert-OH is 1. The van der Waals surface area contributed by atoms with Crippen molar-refractivity contribution in [3.63, 3.8) is 0 Å². The van der Waals surface area contributed by atoms with Gasteiger partial charge in [-0.3, -0.25) is 0 Å². The van der Waals surface area contributed by atoms with Gasteiger partial charge in [0.2, 0.25) is 0 Å². The predicted molar refractivity (Wildman–Crippen MR) is 50.9 cm³/mol. The summed E-state index contributed by atoms with van der Waals surface area (Å²) in [4.78, 5) is 0. The van der Waals surface area contributed by atoms with Gasteiger partial charge in [-0.1, -0.05) is 0 Å². The molecule has 0 aliphatic carbocycles. The molecular weight excluding hydrogens is 182 g/mol. The van der Waals surface area contributed by atoms with Gasteiger partial charge in [-0.05, 0) is 19.1 Å². The molecule has 0 amide bonds. The van der Waals surface area contributed by atoms with Gasteiger partial charge in [0.25, 0.3) is 0 Å². The summed E-state index contributed by atoms with van der Waals surface area (Å²) in [6.07, 6.45) is -0.397. The largest absolute Gasteiger partial charge is 0.465 e. The molecule has 1 saturated heterocycles. The smallest absolute Gasteiger partial charge is 0.117 e. The van der Waals surface area contributed by atoms with Crippen LogP contribution in [0.3, 0.4) is 0 Å². The zero-order valence-electron chi connectivity index (χ0n) is 8.19. The van der Waals surface area contributed by atoms with E-state index in [-0.39, 0.29) is 6.04 Å². The third-order valence-corrected chi connectivity index (χ3v) is 2.38. The first kappa shape index (κ1) is 9.71. The molecule has 0 aromatic carbocycles. The maximum Gasteiger partial charge on any atom is 0.117 e. The van der Waals surface area contributed by atoms with Crippen LogP contribution in [0.2, 0.25) is 0 Å². The van der Waals surface area contributed by atoms with Crippen LogP contribution in [0, 0.1) is 6.92 Å². The highest BCUT2D eigenvalue weighted by atomic mass is 16.5. The van der Waals surface area contributed by atoms with Crippen LogP contribution in [-0.2, 0) is 11.3 Å². The molecule has 0 saturated carbocycles. The molecule has 2 heterocycles. The van der Waals surface area contributed by atoms with Crippen molar-refractivity contribution in [3.8, 4) is 0 Å². The molecule has 2 N–H and O–H groups in total. The number of aryl methyl sites for hydroxylation is 1. The van der Waals surface area contributed by atoms with Crippen molar-refractivity contribution >= 4 is 0 Å². The van der Waals surface area contributed by atoms with Crippen molar-refractivity contribution in [2.24, 2.45) is 0 Å². The van der Waals surface area contributed by atoms with E-state index in [1.54, 1.807) is 0 Å². The van der Waals surface area contributed by atoms with E-state index in [2.05, 4.69) is 5.32 Å². The summed E-state index contributed by atoms with van der Waals surface area (Å²) in [5, 5.41) is 12.6. The summed E-state index contributed by atoms with van der Waals surface area (Å²) in [7, 11) is 0. The van der Waals surface area contributed by atoms with Crippen LogP contribution < -0.4 is 5.32 Å². The Morgan fingerprint density at radius 3 is 2.93 bits per heavy atom. The fourth-order valence-electron chi connectivity index (χ4n) is 1.55. The maximum absolute atomic E-state index is 9.45. The minimum absolute atomic E-state index is 0.0282. The summed E-state index contributed by atoms with van der Waals surface area (Å²) >= 11 is 0. The first-order valence-electron chi connectivity index (χ1n) is 4.80. The second-order valence-electron chi connectivity index (χ2n) is 3.60. The molecule has 4 heteroatoms. The maximum atomic E-state index is 9.45. The molecule has 1 aliphatic heterocycles. The third kappa shape index (κ3) is 2.15. The fraction of sp³-hybridized carbons (Fsp3) is 0.600. The van der Waals surface area contributed by atoms with Crippen molar-refractivity contribution in [2.45, 2.75) is 25.6 Å². The molecule has 1 aromatic heterocycles. The molecular formula is C10H15NO3. The van der Waals surface area contributed by atoms with Gasteiger partial charge in [0.15, 0.2) is 0 Å². The fourth-order valence-corrected chi connectivity index (χ4v) is 1.55. The lowest BCUT2D eigenvalue weighted by Gasteiger charge is -2.12. The minimum atomic E-state index is -0.397. The van der Waals surface area contributed by atoms with E-state index in [1.807, 2.05) is 19.1 Å². The lowest BCUT2D eigenvalue weighted by atomic mass is 10.2. The van der Waals surface area contributed by atoms with Crippen molar-refractivity contribution in [1.82, 2.24) is 5.32 Å². The van der Waals surface area contributed by atoms with Gasteiger partial charge in [-0.15, -0.1) is 0 Å². The van der Waals surface area contributed by atoms with Crippen LogP contribution in [0.4, 0.5) is 0 Å². The highest BCUT2D eigenvalue weighted by molar-refractivity contribution is 5.05. The van der Waals surface area contributed by atoms with Crippen molar-refractivity contribution < 1.29 is 14.3 Å². The zero-order chi connectivity index (χ0) is 9.97. The van der Waals surface area contributed by atoms with Gasteiger partial charge in [0, 0.05) is 0 Å². The number of hydrogen-bond donors (Lipinski definition) is 2. The van der Waals surface area contributed by atoms with Gasteiger partial charge in [-0.25, -0.2) is 0 Å². The summed E-state index contributed by atoms with van der Waals surface area (Å²) < 4.78 is 10.5. The average Bonchev–Trinajstić information content (AvgIpc) is 2.72. The van der Waals surface area contributed by atoms with Crippen LogP contribution in [0.25, 0.3) is 0 Å². The van der Waals surface area contributed by atoms with E-state index in [4.69, 9.17) is 9.15 Å². The topological polar surface area (TPSA) is 54.6 Å². The molecule has 2 atom stereocenters. The van der Waals surface area contributed by atoms with Crippen molar-refractivity contribution in [3.05, 3.63) is 23.7 Å². The number of furan rings is 1. The van der Waals surface area contributed by atoms with Gasteiger partial charge in [-0.2, -0.15) is 0 Å². The third-order valence-electron chi connectivity index (χ3n) is 2.38. The molecule has 0 radical (unpaired) electrons. The number of ether oxygens (including phenoxy) is 1. The van der Waals surface area contributed by atoms with E-state index in [0.717, 1.165) is 11.5 Å². The Morgan fingerprint density at radius 2 is 2.36 bits per heavy atom. The predicted octanol–water partition coefficient (Wildman–Crippen LogP) is 0.437. The SMILES string of the molecule is Cc1ccc(CN[C@@H]2COC[C@H]2O)o1. The van der Waals surface area contributed by atoms with Crippen LogP contribution in [-0.4, -0.2) is 30.5 Å². The normalized spacial score (nSPS) is 27.0. The standard InChI is InChI=1S/C10H15NO3/c1-7-2-3-8(14-7)4-11-9-5-13-6-10(9)12/h2-3,9-12H,4-6H2,1H3/t9-,10-/m1/s1. The number of rotatable bonds is 3. The van der Waals surface area contributed by atoms with Gasteiger partial charge in [0.1, 0.15) is 11.5 Å². The highest BCUT2D eigenvalue weighted by Crippen LogP contribution is 2.09. The number of aliphatic hydroxyl groups is 1. The number of hydrogen-bond acceptors (Lipinski definition) is 4. The second-order valence-corrected chi connectivity index (χ2v) is 3.60. The Kier molecular flexibility index (Phi) is 2.86. The Labute approximate surface area is 82.9 Å². The van der Waals surface area contributed by atoms with Gasteiger partial charge in [0.05, 0.1) is 31.9 Å². The van der Waals surface area contributed by atoms with E-state index >= 15 is 0 Å². The molecule has 0 spiro atoms. The minimum Gasteiger partial charge on any atom is -0.465 e. The molecule has 14 heavy (non-hydrogen) atoms. The Morgan fingerprint density at radius 1 is 1.50 bits per heavy atom. The van der Waals surface area contributed by atoms with E-state index in [0.29, 0.717) is 19.8 Å². The second kappa shape index (κ2) is 4.13. The molecule has 1 aromatic rings. The van der Waals surface area contributed by atoms with Gasteiger partial charge < -0.3 is 19.6 Å². The van der Waals surface area contributed by atoms with Crippen molar-refractivity contribution in [1.29, 1.82) is 0 Å². The Balaban J connectivity index is 1.82. The Bertz CT molecular complexity index is 297. The first-order valence-corrected chi connectivity index (χ1v) is 4.80. The molecule has 4 nitrogen and oxygen atoms in total. The monoisotopic (exact) mass is 197 g/mol. The van der Waals surface area contributed by atoms with Crippen LogP contribution >= 0.6 is 0 Å². The van der Waals surface area contributed by atoms with Crippen LogP contribution in [0.1, 0.15) is 11.5 Å². The van der Waals surface area contributed by atoms with Gasteiger partial charge >= 0.3 is 0 Å². The molecule has 1 aliphatic rings. The highest BCUT2D eigenvalue weighted by Gasteiger charge is 2.25. The number of nitrogens with one attached hydrogen (secondary N) is 1. The van der Waals surface area contributed by atoms with Crippen LogP contribution in [0.15, 0.2) is 16.5 Å². The molecule has 0 unspecified atom stereocenters. The average molecular weight is 197 g/mol. The summed E-state index contributed by atoms with van der Waals surface area (Å²) in [6.45, 7) is 3.55. The molecule has 1 fully saturated rings. The Hall–Kier alpha value is -0.840. The lowest BCUT2D eigenvalue weighted by molar-refractivity contribution is 0.122. The van der Waals surface area contributed by atoms with Crippen molar-refractivity contribution in [2.75, 3.05) is 13.2 Å². The summed E-state index contributed by atoms with van der Waals surface area (Å²) in [5.74, 6) is 1.80. The zero-order valence-corrected chi connectivity index (χ0v) is 8.19. The summed E-state index contributed by atoms with van der Waals surface area (Å²) in [6, 6.07) is 3.89. The van der Waals surface area contributed by atoms with E-state index in [9.17, 15) is 5.11 Å². The van der Waals surface area contributed by atoms with E-state index < -0.39 is 6.10 Å². The molecule has 2 rings (SSSR count). The van der Waals surface area contributed by atoms with Crippen LogP contribution in [0.5, 0.6) is 0 Å². The molecule has 0 bridgehead atoms. The summed E-state index contributed by atoms with van der Waals surface area (Å²) in [5.41, 5.74) is 0. The quantitative estimate of drug-likeness (QED) is 0.738.